The molecule has 2 rings (SSSR count). The van der Waals surface area contributed by atoms with Crippen molar-refractivity contribution in [2.75, 3.05) is 5.75 Å². The van der Waals surface area contributed by atoms with Crippen LogP contribution in [-0.4, -0.2) is 9.96 Å². The number of ether oxygens (including phenoxy) is 1. The maximum atomic E-state index is 12.0. The molecule has 0 radical (unpaired) electrons. The minimum Gasteiger partial charge on any atom is -0.489 e. The molecule has 21 heavy (non-hydrogen) atoms. The number of hydrogen-bond acceptors (Lipinski definition) is 2. The second-order valence-electron chi connectivity index (χ2n) is 4.55. The van der Waals surface area contributed by atoms with E-state index in [-0.39, 0.29) is 0 Å². The van der Waals surface area contributed by atoms with E-state index in [0.717, 1.165) is 16.9 Å². The Morgan fingerprint density at radius 2 is 1.95 bits per heavy atom. The highest BCUT2D eigenvalue weighted by Gasteiger charge is 2.06. The van der Waals surface area contributed by atoms with Crippen LogP contribution in [0.3, 0.4) is 0 Å². The van der Waals surface area contributed by atoms with Gasteiger partial charge in [0.2, 0.25) is 0 Å². The van der Waals surface area contributed by atoms with E-state index in [4.69, 9.17) is 27.9 Å². The SMILES string of the molecule is CCCS(=O)c1cccc(OCc2ccc(Cl)cc2Cl)c1. The average Bonchev–Trinajstić information content (AvgIpc) is 2.47. The lowest BCUT2D eigenvalue weighted by molar-refractivity contribution is 0.305. The fourth-order valence-electron chi connectivity index (χ4n) is 1.81. The molecule has 1 atom stereocenters. The van der Waals surface area contributed by atoms with Crippen LogP contribution in [0.2, 0.25) is 10.0 Å². The van der Waals surface area contributed by atoms with Gasteiger partial charge in [0.05, 0.1) is 10.8 Å². The largest absolute Gasteiger partial charge is 0.489 e. The van der Waals surface area contributed by atoms with Crippen LogP contribution >= 0.6 is 23.2 Å². The van der Waals surface area contributed by atoms with Crippen molar-refractivity contribution in [3.05, 3.63) is 58.1 Å². The minimum absolute atomic E-state index is 0.347. The molecule has 0 saturated carbocycles. The van der Waals surface area contributed by atoms with E-state index in [1.54, 1.807) is 12.1 Å². The Morgan fingerprint density at radius 3 is 2.67 bits per heavy atom. The number of rotatable bonds is 6. The predicted octanol–water partition coefficient (Wildman–Crippen LogP) is 5.09. The lowest BCUT2D eigenvalue weighted by atomic mass is 10.2. The number of halogens is 2. The minimum atomic E-state index is -0.973. The van der Waals surface area contributed by atoms with Crippen LogP contribution in [0.25, 0.3) is 0 Å². The van der Waals surface area contributed by atoms with Gasteiger partial charge in [-0.1, -0.05) is 42.3 Å². The Kier molecular flexibility index (Phi) is 6.09. The Balaban J connectivity index is 2.06. The van der Waals surface area contributed by atoms with Crippen LogP contribution in [0.1, 0.15) is 18.9 Å². The average molecular weight is 343 g/mol. The highest BCUT2D eigenvalue weighted by atomic mass is 35.5. The van der Waals surface area contributed by atoms with Crippen LogP contribution in [0.5, 0.6) is 5.75 Å². The van der Waals surface area contributed by atoms with Crippen molar-refractivity contribution in [2.24, 2.45) is 0 Å². The van der Waals surface area contributed by atoms with Crippen molar-refractivity contribution < 1.29 is 8.95 Å². The molecule has 0 aliphatic carbocycles. The summed E-state index contributed by atoms with van der Waals surface area (Å²) in [7, 11) is -0.973. The van der Waals surface area contributed by atoms with E-state index in [1.165, 1.54) is 0 Å². The van der Waals surface area contributed by atoms with Crippen LogP contribution in [0.15, 0.2) is 47.4 Å². The van der Waals surface area contributed by atoms with Crippen LogP contribution < -0.4 is 4.74 Å². The van der Waals surface area contributed by atoms with Crippen molar-refractivity contribution in [1.29, 1.82) is 0 Å². The van der Waals surface area contributed by atoms with E-state index in [0.29, 0.717) is 28.2 Å². The van der Waals surface area contributed by atoms with Gasteiger partial charge in [-0.15, -0.1) is 0 Å². The van der Waals surface area contributed by atoms with Gasteiger partial charge in [-0.25, -0.2) is 0 Å². The van der Waals surface area contributed by atoms with Crippen molar-refractivity contribution in [2.45, 2.75) is 24.8 Å². The summed E-state index contributed by atoms with van der Waals surface area (Å²) in [4.78, 5) is 0.788. The fraction of sp³-hybridized carbons (Fsp3) is 0.250. The zero-order chi connectivity index (χ0) is 15.2. The van der Waals surface area contributed by atoms with Gasteiger partial charge >= 0.3 is 0 Å². The monoisotopic (exact) mass is 342 g/mol. The van der Waals surface area contributed by atoms with E-state index in [9.17, 15) is 4.21 Å². The number of benzene rings is 2. The molecule has 0 bridgehead atoms. The molecule has 2 aromatic rings. The van der Waals surface area contributed by atoms with Crippen molar-refractivity contribution in [3.63, 3.8) is 0 Å². The smallest absolute Gasteiger partial charge is 0.121 e. The van der Waals surface area contributed by atoms with Gasteiger partial charge in [-0.3, -0.25) is 4.21 Å². The molecule has 1 unspecified atom stereocenters. The van der Waals surface area contributed by atoms with Gasteiger partial charge in [0.15, 0.2) is 0 Å². The molecule has 5 heteroatoms. The van der Waals surface area contributed by atoms with E-state index in [2.05, 4.69) is 0 Å². The highest BCUT2D eigenvalue weighted by Crippen LogP contribution is 2.23. The molecule has 0 fully saturated rings. The summed E-state index contributed by atoms with van der Waals surface area (Å²) in [5.41, 5.74) is 0.862. The summed E-state index contributed by atoms with van der Waals surface area (Å²) in [5.74, 6) is 1.34. The number of hydrogen-bond donors (Lipinski definition) is 0. The molecule has 0 aliphatic heterocycles. The molecule has 0 spiro atoms. The Labute approximate surface area is 137 Å². The van der Waals surface area contributed by atoms with Gasteiger partial charge in [-0.05, 0) is 36.8 Å². The lowest BCUT2D eigenvalue weighted by Crippen LogP contribution is -1.99. The second kappa shape index (κ2) is 7.83. The Hall–Kier alpha value is -1.03. The van der Waals surface area contributed by atoms with Gasteiger partial charge in [-0.2, -0.15) is 0 Å². The molecule has 0 N–H and O–H groups in total. The van der Waals surface area contributed by atoms with Crippen molar-refractivity contribution >= 4 is 34.0 Å². The zero-order valence-electron chi connectivity index (χ0n) is 11.6. The van der Waals surface area contributed by atoms with E-state index < -0.39 is 10.8 Å². The topological polar surface area (TPSA) is 26.3 Å². The third-order valence-electron chi connectivity index (χ3n) is 2.87. The van der Waals surface area contributed by atoms with Crippen LogP contribution in [-0.2, 0) is 17.4 Å². The van der Waals surface area contributed by atoms with E-state index >= 15 is 0 Å². The van der Waals surface area contributed by atoms with Crippen molar-refractivity contribution in [3.8, 4) is 5.75 Å². The summed E-state index contributed by atoms with van der Waals surface area (Å²) in [6, 6.07) is 12.7. The molecule has 0 saturated heterocycles. The van der Waals surface area contributed by atoms with Gasteiger partial charge in [0.25, 0.3) is 0 Å². The highest BCUT2D eigenvalue weighted by molar-refractivity contribution is 7.85. The standard InChI is InChI=1S/C16H16Cl2O2S/c1-2-8-21(19)15-5-3-4-14(10-15)20-11-12-6-7-13(17)9-16(12)18/h3-7,9-10H,2,8,11H2,1H3. The van der Waals surface area contributed by atoms with Gasteiger partial charge in [0, 0.05) is 26.3 Å². The molecule has 0 heterocycles. The molecule has 0 aliphatic rings. The maximum Gasteiger partial charge on any atom is 0.121 e. The zero-order valence-corrected chi connectivity index (χ0v) is 14.0. The first kappa shape index (κ1) is 16.3. The van der Waals surface area contributed by atoms with Gasteiger partial charge < -0.3 is 4.74 Å². The summed E-state index contributed by atoms with van der Waals surface area (Å²) < 4.78 is 17.7. The molecule has 0 amide bonds. The molecule has 0 aromatic heterocycles. The summed E-state index contributed by atoms with van der Waals surface area (Å²) in [5, 5.41) is 1.17. The molecule has 2 nitrogen and oxygen atoms in total. The maximum absolute atomic E-state index is 12.0. The summed E-state index contributed by atoms with van der Waals surface area (Å²) in [6.07, 6.45) is 0.887. The second-order valence-corrected chi connectivity index (χ2v) is 6.96. The summed E-state index contributed by atoms with van der Waals surface area (Å²) >= 11 is 12.0. The first-order valence-electron chi connectivity index (χ1n) is 6.65. The fourth-order valence-corrected chi connectivity index (χ4v) is 3.36. The first-order valence-corrected chi connectivity index (χ1v) is 8.73. The molecular weight excluding hydrogens is 327 g/mol. The van der Waals surface area contributed by atoms with E-state index in [1.807, 2.05) is 37.3 Å². The normalized spacial score (nSPS) is 12.1. The van der Waals surface area contributed by atoms with Crippen LogP contribution in [0, 0.1) is 0 Å². The quantitative estimate of drug-likeness (QED) is 0.730. The third-order valence-corrected chi connectivity index (χ3v) is 5.01. The van der Waals surface area contributed by atoms with Gasteiger partial charge in [0.1, 0.15) is 12.4 Å². The molecule has 2 aromatic carbocycles. The Bertz CT molecular complexity index is 644. The third kappa shape index (κ3) is 4.73. The first-order chi connectivity index (χ1) is 10.1. The molecule has 112 valence electrons. The van der Waals surface area contributed by atoms with Crippen molar-refractivity contribution in [1.82, 2.24) is 0 Å². The Morgan fingerprint density at radius 1 is 1.14 bits per heavy atom. The lowest BCUT2D eigenvalue weighted by Gasteiger charge is -2.09. The predicted molar refractivity (Wildman–Crippen MR) is 88.8 cm³/mol. The molecular formula is C16H16Cl2O2S. The van der Waals surface area contributed by atoms with Crippen LogP contribution in [0.4, 0.5) is 0 Å². The summed E-state index contributed by atoms with van der Waals surface area (Å²) in [6.45, 7) is 2.36.